The van der Waals surface area contributed by atoms with Crippen molar-refractivity contribution in [1.82, 2.24) is 5.32 Å². The molecular formula is C16H26FNO2S. The molecule has 0 fully saturated rings. The average Bonchev–Trinajstić information content (AvgIpc) is 2.30. The number of hydrogen-bond donors (Lipinski definition) is 1. The Hall–Kier alpha value is -0.940. The second kappa shape index (κ2) is 6.44. The summed E-state index contributed by atoms with van der Waals surface area (Å²) in [7, 11) is -3.28. The second-order valence-corrected chi connectivity index (χ2v) is 8.81. The minimum absolute atomic E-state index is 0.292. The third-order valence-electron chi connectivity index (χ3n) is 4.10. The molecule has 0 aliphatic rings. The summed E-state index contributed by atoms with van der Waals surface area (Å²) in [6.45, 7) is 9.83. The first-order chi connectivity index (χ1) is 9.52. The SMILES string of the molecule is CCCNC(c1c(C)cc(F)cc1C)C(C)(C)S(C)(=O)=O. The van der Waals surface area contributed by atoms with Crippen molar-refractivity contribution < 1.29 is 12.8 Å². The van der Waals surface area contributed by atoms with Gasteiger partial charge in [0.05, 0.1) is 10.8 Å². The Bertz CT molecular complexity index is 586. The van der Waals surface area contributed by atoms with E-state index in [1.165, 1.54) is 18.4 Å². The molecule has 0 saturated heterocycles. The van der Waals surface area contributed by atoms with Crippen molar-refractivity contribution in [3.63, 3.8) is 0 Å². The molecule has 0 bridgehead atoms. The summed E-state index contributed by atoms with van der Waals surface area (Å²) in [5.41, 5.74) is 2.43. The molecule has 0 spiro atoms. The summed E-state index contributed by atoms with van der Waals surface area (Å²) in [5, 5.41) is 3.33. The summed E-state index contributed by atoms with van der Waals surface area (Å²) in [6.07, 6.45) is 2.15. The summed E-state index contributed by atoms with van der Waals surface area (Å²) in [6, 6.07) is 2.55. The average molecular weight is 315 g/mol. The Morgan fingerprint density at radius 2 is 1.71 bits per heavy atom. The first-order valence-electron chi connectivity index (χ1n) is 7.22. The number of aryl methyl sites for hydroxylation is 2. The highest BCUT2D eigenvalue weighted by atomic mass is 32.2. The molecule has 0 aliphatic carbocycles. The molecule has 1 aromatic rings. The number of benzene rings is 1. The van der Waals surface area contributed by atoms with Crippen LogP contribution in [0.4, 0.5) is 4.39 Å². The van der Waals surface area contributed by atoms with Gasteiger partial charge in [-0.25, -0.2) is 12.8 Å². The maximum Gasteiger partial charge on any atom is 0.154 e. The van der Waals surface area contributed by atoms with E-state index in [1.54, 1.807) is 13.8 Å². The number of sulfone groups is 1. The summed E-state index contributed by atoms with van der Waals surface area (Å²) in [5.74, 6) is -0.292. The van der Waals surface area contributed by atoms with E-state index in [9.17, 15) is 12.8 Å². The van der Waals surface area contributed by atoms with E-state index in [2.05, 4.69) is 5.32 Å². The van der Waals surface area contributed by atoms with Gasteiger partial charge in [0.15, 0.2) is 9.84 Å². The van der Waals surface area contributed by atoms with Crippen molar-refractivity contribution in [2.75, 3.05) is 12.8 Å². The predicted octanol–water partition coefficient (Wildman–Crippen LogP) is 3.31. The molecule has 120 valence electrons. The van der Waals surface area contributed by atoms with Crippen LogP contribution in [0, 0.1) is 19.7 Å². The van der Waals surface area contributed by atoms with Gasteiger partial charge in [-0.3, -0.25) is 0 Å². The van der Waals surface area contributed by atoms with Crippen LogP contribution in [0.5, 0.6) is 0 Å². The van der Waals surface area contributed by atoms with Crippen molar-refractivity contribution in [2.45, 2.75) is 51.8 Å². The molecule has 0 aromatic heterocycles. The molecule has 1 atom stereocenters. The summed E-state index contributed by atoms with van der Waals surface area (Å²) >= 11 is 0. The molecule has 0 aliphatic heterocycles. The molecule has 0 saturated carbocycles. The van der Waals surface area contributed by atoms with Gasteiger partial charge in [0.1, 0.15) is 5.82 Å². The smallest absolute Gasteiger partial charge is 0.154 e. The Kier molecular flexibility index (Phi) is 5.56. The van der Waals surface area contributed by atoms with E-state index >= 15 is 0 Å². The van der Waals surface area contributed by atoms with Crippen LogP contribution >= 0.6 is 0 Å². The maximum atomic E-state index is 13.5. The van der Waals surface area contributed by atoms with Crippen LogP contribution in [-0.4, -0.2) is 26.0 Å². The molecule has 0 radical (unpaired) electrons. The number of halogens is 1. The van der Waals surface area contributed by atoms with E-state index in [-0.39, 0.29) is 11.9 Å². The highest BCUT2D eigenvalue weighted by molar-refractivity contribution is 7.92. The predicted molar refractivity (Wildman–Crippen MR) is 85.8 cm³/mol. The third kappa shape index (κ3) is 3.83. The van der Waals surface area contributed by atoms with Gasteiger partial charge in [-0.1, -0.05) is 6.92 Å². The molecule has 1 unspecified atom stereocenters. The highest BCUT2D eigenvalue weighted by Gasteiger charge is 2.40. The quantitative estimate of drug-likeness (QED) is 0.876. The van der Waals surface area contributed by atoms with Crippen LogP contribution in [0.2, 0.25) is 0 Å². The van der Waals surface area contributed by atoms with Gasteiger partial charge >= 0.3 is 0 Å². The molecule has 0 heterocycles. The monoisotopic (exact) mass is 315 g/mol. The molecule has 1 N–H and O–H groups in total. The van der Waals surface area contributed by atoms with Crippen molar-refractivity contribution in [1.29, 1.82) is 0 Å². The van der Waals surface area contributed by atoms with Gasteiger partial charge in [0.25, 0.3) is 0 Å². The Labute approximate surface area is 127 Å². The van der Waals surface area contributed by atoms with Crippen LogP contribution in [-0.2, 0) is 9.84 Å². The molecule has 21 heavy (non-hydrogen) atoms. The standard InChI is InChI=1S/C16H26FNO2S/c1-7-8-18-15(16(4,5)21(6,19)20)14-11(2)9-13(17)10-12(14)3/h9-10,15,18H,7-8H2,1-6H3. The fourth-order valence-corrected chi connectivity index (χ4v) is 3.20. The number of rotatable bonds is 6. The Balaban J connectivity index is 3.47. The van der Waals surface area contributed by atoms with E-state index in [1.807, 2.05) is 20.8 Å². The largest absolute Gasteiger partial charge is 0.309 e. The molecular weight excluding hydrogens is 289 g/mol. The summed E-state index contributed by atoms with van der Waals surface area (Å²) < 4.78 is 37.0. The van der Waals surface area contributed by atoms with Gasteiger partial charge < -0.3 is 5.32 Å². The topological polar surface area (TPSA) is 46.2 Å². The zero-order valence-corrected chi connectivity index (χ0v) is 14.6. The fraction of sp³-hybridized carbons (Fsp3) is 0.625. The molecule has 0 amide bonds. The van der Waals surface area contributed by atoms with Crippen LogP contribution < -0.4 is 5.32 Å². The normalized spacial score (nSPS) is 14.2. The van der Waals surface area contributed by atoms with E-state index in [0.717, 1.165) is 23.1 Å². The van der Waals surface area contributed by atoms with Crippen LogP contribution in [0.3, 0.4) is 0 Å². The number of hydrogen-bond acceptors (Lipinski definition) is 3. The van der Waals surface area contributed by atoms with Gasteiger partial charge in [-0.05, 0) is 69.5 Å². The lowest BCUT2D eigenvalue weighted by Crippen LogP contribution is -2.45. The van der Waals surface area contributed by atoms with Crippen LogP contribution in [0.15, 0.2) is 12.1 Å². The van der Waals surface area contributed by atoms with Gasteiger partial charge in [-0.2, -0.15) is 0 Å². The minimum Gasteiger partial charge on any atom is -0.309 e. The Morgan fingerprint density at radius 3 is 2.10 bits per heavy atom. The first-order valence-corrected chi connectivity index (χ1v) is 9.11. The second-order valence-electron chi connectivity index (χ2n) is 6.22. The highest BCUT2D eigenvalue weighted by Crippen LogP contribution is 2.36. The van der Waals surface area contributed by atoms with Gasteiger partial charge in [0, 0.05) is 6.26 Å². The van der Waals surface area contributed by atoms with Crippen molar-refractivity contribution >= 4 is 9.84 Å². The lowest BCUT2D eigenvalue weighted by Gasteiger charge is -2.35. The third-order valence-corrected chi connectivity index (χ3v) is 6.24. The fourth-order valence-electron chi connectivity index (χ4n) is 2.58. The van der Waals surface area contributed by atoms with Crippen molar-refractivity contribution in [2.24, 2.45) is 0 Å². The van der Waals surface area contributed by atoms with Crippen molar-refractivity contribution in [3.05, 3.63) is 34.6 Å². The zero-order valence-electron chi connectivity index (χ0n) is 13.7. The molecule has 1 rings (SSSR count). The Morgan fingerprint density at radius 1 is 1.24 bits per heavy atom. The lowest BCUT2D eigenvalue weighted by atomic mass is 9.88. The summed E-state index contributed by atoms with van der Waals surface area (Å²) in [4.78, 5) is 0. The van der Waals surface area contributed by atoms with Crippen LogP contribution in [0.1, 0.15) is 49.9 Å². The maximum absolute atomic E-state index is 13.5. The van der Waals surface area contributed by atoms with E-state index in [0.29, 0.717) is 6.54 Å². The van der Waals surface area contributed by atoms with Crippen molar-refractivity contribution in [3.8, 4) is 0 Å². The number of nitrogens with one attached hydrogen (secondary N) is 1. The first kappa shape index (κ1) is 18.1. The van der Waals surface area contributed by atoms with E-state index < -0.39 is 14.6 Å². The molecule has 1 aromatic carbocycles. The molecule has 3 nitrogen and oxygen atoms in total. The lowest BCUT2D eigenvalue weighted by molar-refractivity contribution is 0.417. The minimum atomic E-state index is -3.28. The van der Waals surface area contributed by atoms with Gasteiger partial charge in [-0.15, -0.1) is 0 Å². The van der Waals surface area contributed by atoms with Crippen LogP contribution in [0.25, 0.3) is 0 Å². The van der Waals surface area contributed by atoms with E-state index in [4.69, 9.17) is 0 Å². The van der Waals surface area contributed by atoms with Gasteiger partial charge in [0.2, 0.25) is 0 Å². The molecule has 5 heteroatoms. The zero-order chi connectivity index (χ0) is 16.4.